The first-order chi connectivity index (χ1) is 9.08. The lowest BCUT2D eigenvalue weighted by molar-refractivity contribution is -0.384. The van der Waals surface area contributed by atoms with E-state index in [-0.39, 0.29) is 11.4 Å². The maximum atomic E-state index is 13.2. The second-order valence-electron chi connectivity index (χ2n) is 4.08. The number of benzene rings is 1. The van der Waals surface area contributed by atoms with Crippen LogP contribution < -0.4 is 4.90 Å². The standard InChI is InChI=1S/C12H13FN4O2/c1-15(7-8-16-6-2-5-14-16)12-9-10(13)3-4-11(12)17(18)19/h2-6,9H,7-8H2,1H3. The highest BCUT2D eigenvalue weighted by Crippen LogP contribution is 2.27. The summed E-state index contributed by atoms with van der Waals surface area (Å²) in [6.07, 6.45) is 3.46. The molecule has 19 heavy (non-hydrogen) atoms. The Balaban J connectivity index is 2.15. The fraction of sp³-hybridized carbons (Fsp3) is 0.250. The van der Waals surface area contributed by atoms with Gasteiger partial charge in [0, 0.05) is 38.1 Å². The topological polar surface area (TPSA) is 64.2 Å². The number of nitrogens with zero attached hydrogens (tertiary/aromatic N) is 4. The summed E-state index contributed by atoms with van der Waals surface area (Å²) in [4.78, 5) is 12.0. The summed E-state index contributed by atoms with van der Waals surface area (Å²) in [5.74, 6) is -0.494. The minimum absolute atomic E-state index is 0.107. The first kappa shape index (κ1) is 13.0. The van der Waals surface area contributed by atoms with Crippen LogP contribution in [0.3, 0.4) is 0 Å². The highest BCUT2D eigenvalue weighted by molar-refractivity contribution is 5.62. The summed E-state index contributed by atoms with van der Waals surface area (Å²) in [5.41, 5.74) is 0.154. The van der Waals surface area contributed by atoms with Gasteiger partial charge in [0.25, 0.3) is 5.69 Å². The summed E-state index contributed by atoms with van der Waals surface area (Å²) < 4.78 is 14.9. The molecule has 0 fully saturated rings. The lowest BCUT2D eigenvalue weighted by Crippen LogP contribution is -2.23. The van der Waals surface area contributed by atoms with Crippen molar-refractivity contribution >= 4 is 11.4 Å². The van der Waals surface area contributed by atoms with Crippen LogP contribution in [-0.4, -0.2) is 28.3 Å². The number of aromatic nitrogens is 2. The van der Waals surface area contributed by atoms with Gasteiger partial charge in [0.15, 0.2) is 0 Å². The van der Waals surface area contributed by atoms with Gasteiger partial charge >= 0.3 is 0 Å². The molecule has 0 bridgehead atoms. The van der Waals surface area contributed by atoms with Crippen molar-refractivity contribution in [3.8, 4) is 0 Å². The normalized spacial score (nSPS) is 10.4. The number of hydrogen-bond acceptors (Lipinski definition) is 4. The van der Waals surface area contributed by atoms with Crippen LogP contribution >= 0.6 is 0 Å². The minimum Gasteiger partial charge on any atom is -0.367 e. The number of likely N-dealkylation sites (N-methyl/N-ethyl adjacent to an activating group) is 1. The lowest BCUT2D eigenvalue weighted by atomic mass is 10.2. The van der Waals surface area contributed by atoms with Crippen LogP contribution in [0, 0.1) is 15.9 Å². The molecule has 2 aromatic rings. The molecule has 0 radical (unpaired) electrons. The molecule has 1 heterocycles. The zero-order valence-corrected chi connectivity index (χ0v) is 10.4. The molecule has 0 aliphatic heterocycles. The monoisotopic (exact) mass is 264 g/mol. The van der Waals surface area contributed by atoms with Crippen molar-refractivity contribution in [2.75, 3.05) is 18.5 Å². The van der Waals surface area contributed by atoms with Gasteiger partial charge in [-0.3, -0.25) is 14.8 Å². The van der Waals surface area contributed by atoms with E-state index in [4.69, 9.17) is 0 Å². The Morgan fingerprint density at radius 2 is 2.32 bits per heavy atom. The van der Waals surface area contributed by atoms with Crippen LogP contribution in [-0.2, 0) is 6.54 Å². The Labute approximate surface area is 109 Å². The summed E-state index contributed by atoms with van der Waals surface area (Å²) in [6.45, 7) is 1.06. The molecule has 6 nitrogen and oxygen atoms in total. The van der Waals surface area contributed by atoms with E-state index in [9.17, 15) is 14.5 Å². The van der Waals surface area contributed by atoms with Gasteiger partial charge in [-0.2, -0.15) is 5.10 Å². The van der Waals surface area contributed by atoms with Crippen molar-refractivity contribution in [2.45, 2.75) is 6.54 Å². The first-order valence-electron chi connectivity index (χ1n) is 5.70. The Kier molecular flexibility index (Phi) is 3.74. The number of anilines is 1. The van der Waals surface area contributed by atoms with Gasteiger partial charge in [-0.05, 0) is 12.1 Å². The maximum absolute atomic E-state index is 13.2. The summed E-state index contributed by atoms with van der Waals surface area (Å²) >= 11 is 0. The predicted molar refractivity (Wildman–Crippen MR) is 68.6 cm³/mol. The second-order valence-corrected chi connectivity index (χ2v) is 4.08. The van der Waals surface area contributed by atoms with Gasteiger partial charge in [-0.1, -0.05) is 0 Å². The number of nitro groups is 1. The molecule has 1 aromatic heterocycles. The lowest BCUT2D eigenvalue weighted by Gasteiger charge is -2.19. The SMILES string of the molecule is CN(CCn1cccn1)c1cc(F)ccc1[N+](=O)[O-]. The van der Waals surface area contributed by atoms with Crippen LogP contribution in [0.5, 0.6) is 0 Å². The van der Waals surface area contributed by atoms with Crippen molar-refractivity contribution in [3.63, 3.8) is 0 Å². The third kappa shape index (κ3) is 3.06. The fourth-order valence-electron chi connectivity index (χ4n) is 1.76. The number of hydrogen-bond donors (Lipinski definition) is 0. The fourth-order valence-corrected chi connectivity index (χ4v) is 1.76. The van der Waals surface area contributed by atoms with Gasteiger partial charge in [0.05, 0.1) is 11.5 Å². The van der Waals surface area contributed by atoms with E-state index in [0.29, 0.717) is 13.1 Å². The van der Waals surface area contributed by atoms with E-state index in [0.717, 1.165) is 6.07 Å². The largest absolute Gasteiger partial charge is 0.367 e. The van der Waals surface area contributed by atoms with Gasteiger partial charge in [0.1, 0.15) is 11.5 Å². The number of halogens is 1. The summed E-state index contributed by atoms with van der Waals surface area (Å²) in [7, 11) is 1.69. The van der Waals surface area contributed by atoms with Crippen molar-refractivity contribution < 1.29 is 9.31 Å². The Bertz CT molecular complexity index is 571. The molecule has 0 spiro atoms. The highest BCUT2D eigenvalue weighted by atomic mass is 19.1. The maximum Gasteiger partial charge on any atom is 0.292 e. The highest BCUT2D eigenvalue weighted by Gasteiger charge is 2.17. The average molecular weight is 264 g/mol. The zero-order valence-electron chi connectivity index (χ0n) is 10.4. The van der Waals surface area contributed by atoms with E-state index in [1.54, 1.807) is 35.1 Å². The first-order valence-corrected chi connectivity index (χ1v) is 5.70. The molecule has 0 atom stereocenters. The molecule has 100 valence electrons. The molecular weight excluding hydrogens is 251 g/mol. The van der Waals surface area contributed by atoms with Crippen LogP contribution in [0.25, 0.3) is 0 Å². The van der Waals surface area contributed by atoms with E-state index in [1.807, 2.05) is 0 Å². The number of nitro benzene ring substituents is 1. The molecule has 0 saturated carbocycles. The van der Waals surface area contributed by atoms with Gasteiger partial charge in [-0.25, -0.2) is 4.39 Å². The number of rotatable bonds is 5. The smallest absolute Gasteiger partial charge is 0.292 e. The van der Waals surface area contributed by atoms with Gasteiger partial charge in [-0.15, -0.1) is 0 Å². The predicted octanol–water partition coefficient (Wildman–Crippen LogP) is 2.07. The molecule has 0 aliphatic rings. The third-order valence-electron chi connectivity index (χ3n) is 2.77. The van der Waals surface area contributed by atoms with E-state index in [2.05, 4.69) is 5.10 Å². The molecule has 0 saturated heterocycles. The van der Waals surface area contributed by atoms with Crippen molar-refractivity contribution in [1.29, 1.82) is 0 Å². The van der Waals surface area contributed by atoms with Crippen molar-refractivity contribution in [3.05, 3.63) is 52.6 Å². The zero-order chi connectivity index (χ0) is 13.8. The van der Waals surface area contributed by atoms with Crippen LogP contribution in [0.1, 0.15) is 0 Å². The van der Waals surface area contributed by atoms with Crippen LogP contribution in [0.2, 0.25) is 0 Å². The van der Waals surface area contributed by atoms with Gasteiger partial charge < -0.3 is 4.90 Å². The molecule has 0 unspecified atom stereocenters. The van der Waals surface area contributed by atoms with E-state index >= 15 is 0 Å². The Morgan fingerprint density at radius 3 is 2.95 bits per heavy atom. The average Bonchev–Trinajstić information content (AvgIpc) is 2.88. The molecule has 0 amide bonds. The Morgan fingerprint density at radius 1 is 1.53 bits per heavy atom. The van der Waals surface area contributed by atoms with Gasteiger partial charge in [0.2, 0.25) is 0 Å². The quantitative estimate of drug-likeness (QED) is 0.612. The molecule has 1 aromatic carbocycles. The minimum atomic E-state index is -0.515. The molecular formula is C12H13FN4O2. The summed E-state index contributed by atoms with van der Waals surface area (Å²) in [5, 5.41) is 14.9. The van der Waals surface area contributed by atoms with Crippen molar-refractivity contribution in [1.82, 2.24) is 9.78 Å². The molecule has 2 rings (SSSR count). The molecule has 0 aliphatic carbocycles. The van der Waals surface area contributed by atoms with E-state index < -0.39 is 10.7 Å². The Hall–Kier alpha value is -2.44. The molecule has 7 heteroatoms. The second kappa shape index (κ2) is 5.47. The molecule has 0 N–H and O–H groups in total. The van der Waals surface area contributed by atoms with E-state index in [1.165, 1.54) is 12.1 Å². The summed E-state index contributed by atoms with van der Waals surface area (Å²) in [6, 6.07) is 5.23. The third-order valence-corrected chi connectivity index (χ3v) is 2.77. The van der Waals surface area contributed by atoms with Crippen molar-refractivity contribution in [2.24, 2.45) is 0 Å². The van der Waals surface area contributed by atoms with Crippen LogP contribution in [0.4, 0.5) is 15.8 Å². The van der Waals surface area contributed by atoms with Crippen LogP contribution in [0.15, 0.2) is 36.7 Å².